The fraction of sp³-hybridized carbons (Fsp3) is 0.364. The number of nitrogens with two attached hydrogens (primary N) is 1. The van der Waals surface area contributed by atoms with Gasteiger partial charge in [0, 0.05) is 12.7 Å². The maximum absolute atomic E-state index is 11.6. The van der Waals surface area contributed by atoms with Crippen LogP contribution in [-0.4, -0.2) is 36.9 Å². The summed E-state index contributed by atoms with van der Waals surface area (Å²) in [7, 11) is 1.85. The molecule has 1 aromatic rings. The van der Waals surface area contributed by atoms with Crippen molar-refractivity contribution in [2.75, 3.05) is 20.1 Å². The Morgan fingerprint density at radius 1 is 1.35 bits per heavy atom. The molecule has 0 unspecified atom stereocenters. The van der Waals surface area contributed by atoms with E-state index in [9.17, 15) is 9.59 Å². The van der Waals surface area contributed by atoms with Crippen LogP contribution < -0.4 is 16.4 Å². The molecule has 1 aromatic heterocycles. The standard InChI is InChI=1S/C11H16N4O2/c1-13-5-2-6-14-11(17)9-4-3-8(7-15-9)10(12)16/h3-4,7,13H,2,5-6H2,1H3,(H2,12,16)(H,14,17). The summed E-state index contributed by atoms with van der Waals surface area (Å²) in [6, 6.07) is 2.96. The van der Waals surface area contributed by atoms with Crippen LogP contribution in [-0.2, 0) is 0 Å². The molecule has 17 heavy (non-hydrogen) atoms. The Labute approximate surface area is 99.6 Å². The third-order valence-electron chi connectivity index (χ3n) is 2.17. The monoisotopic (exact) mass is 236 g/mol. The van der Waals surface area contributed by atoms with Crippen molar-refractivity contribution in [3.63, 3.8) is 0 Å². The van der Waals surface area contributed by atoms with Crippen LogP contribution in [0.5, 0.6) is 0 Å². The summed E-state index contributed by atoms with van der Waals surface area (Å²) < 4.78 is 0. The lowest BCUT2D eigenvalue weighted by molar-refractivity contribution is 0.0945. The van der Waals surface area contributed by atoms with Crippen LogP contribution in [0.4, 0.5) is 0 Å². The number of aromatic nitrogens is 1. The van der Waals surface area contributed by atoms with Crippen LogP contribution in [0.15, 0.2) is 18.3 Å². The topological polar surface area (TPSA) is 97.1 Å². The molecule has 0 aliphatic carbocycles. The molecule has 0 bridgehead atoms. The second kappa shape index (κ2) is 6.59. The summed E-state index contributed by atoms with van der Waals surface area (Å²) in [5.74, 6) is -0.810. The van der Waals surface area contributed by atoms with Gasteiger partial charge in [-0.1, -0.05) is 0 Å². The molecular formula is C11H16N4O2. The lowest BCUT2D eigenvalue weighted by Crippen LogP contribution is -2.27. The van der Waals surface area contributed by atoms with Crippen LogP contribution in [0, 0.1) is 0 Å². The maximum Gasteiger partial charge on any atom is 0.269 e. The normalized spacial score (nSPS) is 9.94. The van der Waals surface area contributed by atoms with E-state index < -0.39 is 5.91 Å². The quantitative estimate of drug-likeness (QED) is 0.581. The highest BCUT2D eigenvalue weighted by Crippen LogP contribution is 1.99. The number of nitrogens with zero attached hydrogens (tertiary/aromatic N) is 1. The van der Waals surface area contributed by atoms with Crippen molar-refractivity contribution < 1.29 is 9.59 Å². The minimum atomic E-state index is -0.557. The minimum Gasteiger partial charge on any atom is -0.366 e. The first kappa shape index (κ1) is 13.1. The summed E-state index contributed by atoms with van der Waals surface area (Å²) in [4.78, 5) is 26.2. The Balaban J connectivity index is 2.49. The molecular weight excluding hydrogens is 220 g/mol. The molecule has 6 nitrogen and oxygen atoms in total. The molecule has 0 radical (unpaired) electrons. The van der Waals surface area contributed by atoms with Crippen LogP contribution in [0.1, 0.15) is 27.3 Å². The van der Waals surface area contributed by atoms with E-state index in [0.29, 0.717) is 6.54 Å². The van der Waals surface area contributed by atoms with Crippen LogP contribution >= 0.6 is 0 Å². The van der Waals surface area contributed by atoms with E-state index in [-0.39, 0.29) is 17.2 Å². The molecule has 0 saturated heterocycles. The van der Waals surface area contributed by atoms with Crippen LogP contribution in [0.3, 0.4) is 0 Å². The number of carbonyl (C=O) groups excluding carboxylic acids is 2. The zero-order chi connectivity index (χ0) is 12.7. The summed E-state index contributed by atoms with van der Waals surface area (Å²) >= 11 is 0. The molecule has 92 valence electrons. The van der Waals surface area contributed by atoms with Gasteiger partial charge in [0.2, 0.25) is 5.91 Å². The number of nitrogens with one attached hydrogen (secondary N) is 2. The molecule has 2 amide bonds. The zero-order valence-corrected chi connectivity index (χ0v) is 9.69. The first-order valence-corrected chi connectivity index (χ1v) is 5.34. The second-order valence-electron chi connectivity index (χ2n) is 3.51. The first-order valence-electron chi connectivity index (χ1n) is 5.34. The number of hydrogen-bond donors (Lipinski definition) is 3. The largest absolute Gasteiger partial charge is 0.366 e. The number of carbonyl (C=O) groups is 2. The van der Waals surface area contributed by atoms with Crippen molar-refractivity contribution in [3.05, 3.63) is 29.6 Å². The van der Waals surface area contributed by atoms with Crippen LogP contribution in [0.25, 0.3) is 0 Å². The average molecular weight is 236 g/mol. The molecule has 0 aliphatic heterocycles. The van der Waals surface area contributed by atoms with Crippen molar-refractivity contribution in [2.24, 2.45) is 5.73 Å². The fourth-order valence-corrected chi connectivity index (χ4v) is 1.23. The smallest absolute Gasteiger partial charge is 0.269 e. The Kier molecular flexibility index (Phi) is 5.09. The van der Waals surface area contributed by atoms with E-state index in [1.807, 2.05) is 7.05 Å². The molecule has 0 spiro atoms. The molecule has 0 aromatic carbocycles. The molecule has 0 fully saturated rings. The van der Waals surface area contributed by atoms with Gasteiger partial charge in [0.1, 0.15) is 5.69 Å². The van der Waals surface area contributed by atoms with E-state index in [2.05, 4.69) is 15.6 Å². The molecule has 0 saturated carbocycles. The van der Waals surface area contributed by atoms with E-state index in [0.717, 1.165) is 13.0 Å². The minimum absolute atomic E-state index is 0.253. The summed E-state index contributed by atoms with van der Waals surface area (Å²) in [5, 5.41) is 5.71. The Morgan fingerprint density at radius 2 is 2.12 bits per heavy atom. The van der Waals surface area contributed by atoms with Crippen molar-refractivity contribution >= 4 is 11.8 Å². The fourth-order valence-electron chi connectivity index (χ4n) is 1.23. The SMILES string of the molecule is CNCCCNC(=O)c1ccc(C(N)=O)cn1. The third-order valence-corrected chi connectivity index (χ3v) is 2.17. The highest BCUT2D eigenvalue weighted by molar-refractivity contribution is 5.95. The number of hydrogen-bond acceptors (Lipinski definition) is 4. The molecule has 0 atom stereocenters. The lowest BCUT2D eigenvalue weighted by Gasteiger charge is -2.04. The zero-order valence-electron chi connectivity index (χ0n) is 9.69. The number of amides is 2. The average Bonchev–Trinajstić information content (AvgIpc) is 2.34. The number of rotatable bonds is 6. The molecule has 4 N–H and O–H groups in total. The van der Waals surface area contributed by atoms with Gasteiger partial charge in [0.05, 0.1) is 5.56 Å². The highest BCUT2D eigenvalue weighted by atomic mass is 16.2. The van der Waals surface area contributed by atoms with E-state index in [1.54, 1.807) is 0 Å². The highest BCUT2D eigenvalue weighted by Gasteiger charge is 2.07. The molecule has 6 heteroatoms. The number of primary amides is 1. The Morgan fingerprint density at radius 3 is 2.65 bits per heavy atom. The second-order valence-corrected chi connectivity index (χ2v) is 3.51. The molecule has 0 aliphatic rings. The van der Waals surface area contributed by atoms with E-state index in [4.69, 9.17) is 5.73 Å². The first-order chi connectivity index (χ1) is 8.15. The van der Waals surface area contributed by atoms with Crippen molar-refractivity contribution in [1.29, 1.82) is 0 Å². The van der Waals surface area contributed by atoms with Gasteiger partial charge in [-0.2, -0.15) is 0 Å². The third kappa shape index (κ3) is 4.20. The van der Waals surface area contributed by atoms with Gasteiger partial charge in [-0.15, -0.1) is 0 Å². The van der Waals surface area contributed by atoms with Gasteiger partial charge in [-0.05, 0) is 32.1 Å². The van der Waals surface area contributed by atoms with Crippen LogP contribution in [0.2, 0.25) is 0 Å². The van der Waals surface area contributed by atoms with Gasteiger partial charge < -0.3 is 16.4 Å². The van der Waals surface area contributed by atoms with Crippen molar-refractivity contribution in [1.82, 2.24) is 15.6 Å². The van der Waals surface area contributed by atoms with Gasteiger partial charge in [-0.25, -0.2) is 0 Å². The van der Waals surface area contributed by atoms with Crippen molar-refractivity contribution in [2.45, 2.75) is 6.42 Å². The van der Waals surface area contributed by atoms with Gasteiger partial charge in [0.15, 0.2) is 0 Å². The van der Waals surface area contributed by atoms with Gasteiger partial charge in [-0.3, -0.25) is 14.6 Å². The van der Waals surface area contributed by atoms with Gasteiger partial charge >= 0.3 is 0 Å². The predicted octanol–water partition coefficient (Wildman–Crippen LogP) is -0.480. The lowest BCUT2D eigenvalue weighted by atomic mass is 10.2. The molecule has 1 rings (SSSR count). The Hall–Kier alpha value is -1.95. The summed E-state index contributed by atoms with van der Waals surface area (Å²) in [6.45, 7) is 1.42. The maximum atomic E-state index is 11.6. The van der Waals surface area contributed by atoms with Gasteiger partial charge in [0.25, 0.3) is 5.91 Å². The Bertz CT molecular complexity index is 389. The molecule has 1 heterocycles. The van der Waals surface area contributed by atoms with Crippen molar-refractivity contribution in [3.8, 4) is 0 Å². The van der Waals surface area contributed by atoms with E-state index in [1.165, 1.54) is 18.3 Å². The summed E-state index contributed by atoms with van der Waals surface area (Å²) in [6.07, 6.45) is 2.15. The predicted molar refractivity (Wildman–Crippen MR) is 63.6 cm³/mol. The van der Waals surface area contributed by atoms with E-state index >= 15 is 0 Å². The summed E-state index contributed by atoms with van der Waals surface area (Å²) in [5.41, 5.74) is 5.63. The number of pyridine rings is 1.